The summed E-state index contributed by atoms with van der Waals surface area (Å²) in [5.41, 5.74) is 1.16. The molecule has 0 spiro atoms. The predicted molar refractivity (Wildman–Crippen MR) is 119 cm³/mol. The fourth-order valence-electron chi connectivity index (χ4n) is 3.23. The number of rotatable bonds is 6. The Hall–Kier alpha value is -2.39. The van der Waals surface area contributed by atoms with Crippen LogP contribution in [0.1, 0.15) is 18.4 Å². The number of imidazole rings is 2. The van der Waals surface area contributed by atoms with Crippen molar-refractivity contribution < 1.29 is 9.53 Å². The Morgan fingerprint density at radius 2 is 1.67 bits per heavy atom. The molecule has 0 bridgehead atoms. The number of likely N-dealkylation sites (tertiary alicyclic amines) is 1. The first-order chi connectivity index (χ1) is 14.6. The van der Waals surface area contributed by atoms with E-state index in [1.165, 1.54) is 0 Å². The summed E-state index contributed by atoms with van der Waals surface area (Å²) >= 11 is 3.47. The van der Waals surface area contributed by atoms with Crippen LogP contribution in [0.4, 0.5) is 4.79 Å². The zero-order valence-electron chi connectivity index (χ0n) is 17.1. The number of hydrogen-bond donors (Lipinski definition) is 0. The van der Waals surface area contributed by atoms with Crippen LogP contribution in [0.15, 0.2) is 59.4 Å². The zero-order valence-corrected chi connectivity index (χ0v) is 18.7. The number of amides is 1. The third-order valence-corrected chi connectivity index (χ3v) is 7.56. The van der Waals surface area contributed by atoms with Crippen molar-refractivity contribution in [2.24, 2.45) is 14.1 Å². The summed E-state index contributed by atoms with van der Waals surface area (Å²) in [5, 5.41) is 2.48. The van der Waals surface area contributed by atoms with Crippen molar-refractivity contribution in [1.29, 1.82) is 0 Å². The van der Waals surface area contributed by atoms with Gasteiger partial charge in [-0.15, -0.1) is 0 Å². The van der Waals surface area contributed by atoms with Gasteiger partial charge in [-0.3, -0.25) is 0 Å². The van der Waals surface area contributed by atoms with Crippen molar-refractivity contribution >= 4 is 29.6 Å². The second-order valence-corrected chi connectivity index (χ2v) is 9.46. The summed E-state index contributed by atoms with van der Waals surface area (Å²) in [7, 11) is 3.99. The highest BCUT2D eigenvalue weighted by molar-refractivity contribution is 7.99. The predicted octanol–water partition coefficient (Wildman–Crippen LogP) is 4.20. The van der Waals surface area contributed by atoms with Crippen molar-refractivity contribution in [3.05, 3.63) is 54.6 Å². The molecule has 0 unspecified atom stereocenters. The Morgan fingerprint density at radius 1 is 1.03 bits per heavy atom. The molecule has 2 aromatic heterocycles. The van der Waals surface area contributed by atoms with Crippen molar-refractivity contribution in [1.82, 2.24) is 24.0 Å². The van der Waals surface area contributed by atoms with E-state index >= 15 is 0 Å². The number of piperidine rings is 1. The molecule has 1 saturated heterocycles. The van der Waals surface area contributed by atoms with Crippen LogP contribution in [-0.4, -0.2) is 48.4 Å². The van der Waals surface area contributed by atoms with Crippen LogP contribution in [0, 0.1) is 0 Å². The van der Waals surface area contributed by atoms with Gasteiger partial charge in [0.2, 0.25) is 0 Å². The first kappa shape index (κ1) is 20.9. The molecule has 30 heavy (non-hydrogen) atoms. The molecular formula is C21H25N5O2S2. The van der Waals surface area contributed by atoms with Gasteiger partial charge in [-0.2, -0.15) is 0 Å². The normalized spacial score (nSPS) is 14.8. The third kappa shape index (κ3) is 5.20. The molecule has 7 nitrogen and oxygen atoms in total. The molecule has 158 valence electrons. The van der Waals surface area contributed by atoms with Crippen LogP contribution in [0.2, 0.25) is 0 Å². The lowest BCUT2D eigenvalue weighted by Crippen LogP contribution is -2.40. The molecule has 1 aliphatic rings. The summed E-state index contributed by atoms with van der Waals surface area (Å²) in [4.78, 5) is 23.0. The second kappa shape index (κ2) is 9.61. The standard InChI is InChI=1S/C21H25N5O2S2/c1-24-13-9-22-19(24)29-15-16-3-5-17(6-4-16)28-21(27)26-11-7-18(8-12-26)30-20-23-10-14-25(20)2/h3-6,9-10,13-14,18H,7-8,11-12,15H2,1-2H3. The largest absolute Gasteiger partial charge is 0.415 e. The van der Waals surface area contributed by atoms with Crippen LogP contribution < -0.4 is 4.74 Å². The maximum atomic E-state index is 12.5. The topological polar surface area (TPSA) is 65.2 Å². The molecule has 0 aliphatic carbocycles. The van der Waals surface area contributed by atoms with Gasteiger partial charge in [0.25, 0.3) is 0 Å². The Labute approximate surface area is 184 Å². The van der Waals surface area contributed by atoms with E-state index in [1.54, 1.807) is 34.6 Å². The van der Waals surface area contributed by atoms with Gasteiger partial charge in [0.05, 0.1) is 0 Å². The van der Waals surface area contributed by atoms with Crippen molar-refractivity contribution in [2.75, 3.05) is 13.1 Å². The molecule has 4 rings (SSSR count). The first-order valence-electron chi connectivity index (χ1n) is 9.88. The van der Waals surface area contributed by atoms with Crippen LogP contribution in [0.3, 0.4) is 0 Å². The number of benzene rings is 1. The first-order valence-corrected chi connectivity index (χ1v) is 11.7. The van der Waals surface area contributed by atoms with Gasteiger partial charge in [0.1, 0.15) is 5.75 Å². The Balaban J connectivity index is 1.23. The lowest BCUT2D eigenvalue weighted by atomic mass is 10.1. The lowest BCUT2D eigenvalue weighted by molar-refractivity contribution is 0.143. The zero-order chi connectivity index (χ0) is 20.9. The van der Waals surface area contributed by atoms with E-state index in [9.17, 15) is 4.79 Å². The minimum absolute atomic E-state index is 0.273. The molecule has 3 aromatic rings. The maximum absolute atomic E-state index is 12.5. The van der Waals surface area contributed by atoms with Crippen molar-refractivity contribution in [3.63, 3.8) is 0 Å². The molecule has 9 heteroatoms. The molecule has 0 N–H and O–H groups in total. The molecule has 0 radical (unpaired) electrons. The minimum Gasteiger partial charge on any atom is -0.410 e. The molecule has 0 saturated carbocycles. The third-order valence-electron chi connectivity index (χ3n) is 5.02. The average Bonchev–Trinajstić information content (AvgIpc) is 3.36. The highest BCUT2D eigenvalue weighted by Crippen LogP contribution is 2.29. The van der Waals surface area contributed by atoms with E-state index in [2.05, 4.69) is 9.97 Å². The van der Waals surface area contributed by atoms with Crippen LogP contribution in [0.25, 0.3) is 0 Å². The number of thioether (sulfide) groups is 2. The Kier molecular flexibility index (Phi) is 6.69. The lowest BCUT2D eigenvalue weighted by Gasteiger charge is -2.30. The fraction of sp³-hybridized carbons (Fsp3) is 0.381. The summed E-state index contributed by atoms with van der Waals surface area (Å²) in [6, 6.07) is 7.70. The summed E-state index contributed by atoms with van der Waals surface area (Å²) < 4.78 is 9.61. The molecule has 1 aliphatic heterocycles. The number of aromatic nitrogens is 4. The number of aryl methyl sites for hydroxylation is 2. The summed E-state index contributed by atoms with van der Waals surface area (Å²) in [6.45, 7) is 1.42. The van der Waals surface area contributed by atoms with Crippen molar-refractivity contribution in [2.45, 2.75) is 34.2 Å². The molecular weight excluding hydrogens is 418 g/mol. The average molecular weight is 444 g/mol. The summed E-state index contributed by atoms with van der Waals surface area (Å²) in [6.07, 6.45) is 9.11. The molecule has 1 amide bonds. The Bertz CT molecular complexity index is 977. The van der Waals surface area contributed by atoms with Gasteiger partial charge >= 0.3 is 6.09 Å². The number of carbonyl (C=O) groups excluding carboxylic acids is 1. The van der Waals surface area contributed by atoms with E-state index in [0.717, 1.165) is 34.5 Å². The number of carbonyl (C=O) groups is 1. The van der Waals surface area contributed by atoms with Gasteiger partial charge in [-0.25, -0.2) is 14.8 Å². The van der Waals surface area contributed by atoms with Gasteiger partial charge < -0.3 is 18.8 Å². The molecule has 0 atom stereocenters. The van der Waals surface area contributed by atoms with Gasteiger partial charge in [0.15, 0.2) is 10.3 Å². The van der Waals surface area contributed by atoms with E-state index in [-0.39, 0.29) is 6.09 Å². The van der Waals surface area contributed by atoms with Gasteiger partial charge in [-0.1, -0.05) is 35.7 Å². The molecule has 3 heterocycles. The van der Waals surface area contributed by atoms with E-state index in [4.69, 9.17) is 4.74 Å². The highest BCUT2D eigenvalue weighted by Gasteiger charge is 2.25. The van der Waals surface area contributed by atoms with Gasteiger partial charge in [0, 0.05) is 63.0 Å². The fourth-order valence-corrected chi connectivity index (χ4v) is 5.21. The van der Waals surface area contributed by atoms with E-state index < -0.39 is 0 Å². The van der Waals surface area contributed by atoms with Crippen LogP contribution >= 0.6 is 23.5 Å². The van der Waals surface area contributed by atoms with Crippen molar-refractivity contribution in [3.8, 4) is 5.75 Å². The van der Waals surface area contributed by atoms with Crippen LogP contribution in [0.5, 0.6) is 5.75 Å². The highest BCUT2D eigenvalue weighted by atomic mass is 32.2. The quantitative estimate of drug-likeness (QED) is 0.532. The van der Waals surface area contributed by atoms with E-state index in [0.29, 0.717) is 24.1 Å². The SMILES string of the molecule is Cn1ccnc1SCc1ccc(OC(=O)N2CCC(Sc3nccn3C)CC2)cc1. The molecule has 1 fully saturated rings. The number of ether oxygens (including phenoxy) is 1. The number of nitrogens with zero attached hydrogens (tertiary/aromatic N) is 5. The minimum atomic E-state index is -0.273. The van der Waals surface area contributed by atoms with Gasteiger partial charge in [-0.05, 0) is 30.5 Å². The Morgan fingerprint density at radius 3 is 2.27 bits per heavy atom. The smallest absolute Gasteiger partial charge is 0.410 e. The monoisotopic (exact) mass is 443 g/mol. The van der Waals surface area contributed by atoms with E-state index in [1.807, 2.05) is 66.1 Å². The second-order valence-electron chi connectivity index (χ2n) is 7.25. The van der Waals surface area contributed by atoms with Crippen LogP contribution in [-0.2, 0) is 19.8 Å². The molecule has 1 aromatic carbocycles. The maximum Gasteiger partial charge on any atom is 0.415 e. The number of hydrogen-bond acceptors (Lipinski definition) is 6. The summed E-state index contributed by atoms with van der Waals surface area (Å²) in [5.74, 6) is 1.40.